The van der Waals surface area contributed by atoms with Crippen molar-refractivity contribution in [1.29, 1.82) is 0 Å². The lowest BCUT2D eigenvalue weighted by Gasteiger charge is -2.21. The Bertz CT molecular complexity index is 642. The maximum atomic E-state index is 11.6. The lowest BCUT2D eigenvalue weighted by Crippen LogP contribution is -2.41. The van der Waals surface area contributed by atoms with E-state index in [2.05, 4.69) is 29.6 Å². The van der Waals surface area contributed by atoms with Crippen LogP contribution in [0, 0.1) is 0 Å². The van der Waals surface area contributed by atoms with Crippen molar-refractivity contribution in [3.05, 3.63) is 48.0 Å². The first-order chi connectivity index (χ1) is 10.3. The van der Waals surface area contributed by atoms with Crippen LogP contribution in [-0.4, -0.2) is 24.3 Å². The van der Waals surface area contributed by atoms with Gasteiger partial charge in [-0.15, -0.1) is 0 Å². The van der Waals surface area contributed by atoms with Gasteiger partial charge in [-0.3, -0.25) is 0 Å². The molecule has 2 aromatic rings. The molecule has 4 heteroatoms. The van der Waals surface area contributed by atoms with E-state index in [4.69, 9.17) is 10.5 Å². The van der Waals surface area contributed by atoms with E-state index in [1.54, 1.807) is 0 Å². The molecule has 0 heterocycles. The number of rotatable bonds is 4. The number of carbonyl (C=O) groups excluding carboxylic acids is 1. The van der Waals surface area contributed by atoms with E-state index < -0.39 is 11.7 Å². The van der Waals surface area contributed by atoms with Gasteiger partial charge in [0, 0.05) is 12.6 Å². The lowest BCUT2D eigenvalue weighted by molar-refractivity contribution is 0.0524. The van der Waals surface area contributed by atoms with Crippen LogP contribution in [-0.2, 0) is 11.2 Å². The summed E-state index contributed by atoms with van der Waals surface area (Å²) in [7, 11) is 0. The van der Waals surface area contributed by atoms with Gasteiger partial charge in [0.25, 0.3) is 0 Å². The van der Waals surface area contributed by atoms with Gasteiger partial charge < -0.3 is 15.8 Å². The molecule has 0 aliphatic heterocycles. The van der Waals surface area contributed by atoms with Crippen LogP contribution in [0.1, 0.15) is 26.3 Å². The monoisotopic (exact) mass is 300 g/mol. The van der Waals surface area contributed by atoms with E-state index in [0.717, 1.165) is 0 Å². The number of fused-ring (bicyclic) bond motifs is 1. The summed E-state index contributed by atoms with van der Waals surface area (Å²) in [6.45, 7) is 5.89. The van der Waals surface area contributed by atoms with Gasteiger partial charge in [0.1, 0.15) is 5.60 Å². The van der Waals surface area contributed by atoms with Gasteiger partial charge in [0.15, 0.2) is 0 Å². The quantitative estimate of drug-likeness (QED) is 0.911. The van der Waals surface area contributed by atoms with Crippen LogP contribution >= 0.6 is 0 Å². The predicted molar refractivity (Wildman–Crippen MR) is 89.9 cm³/mol. The number of amides is 1. The minimum Gasteiger partial charge on any atom is -0.444 e. The Morgan fingerprint density at radius 2 is 1.86 bits per heavy atom. The molecule has 0 saturated carbocycles. The zero-order chi connectivity index (χ0) is 16.2. The second-order valence-corrected chi connectivity index (χ2v) is 6.49. The first kappa shape index (κ1) is 16.3. The molecule has 0 bridgehead atoms. The maximum Gasteiger partial charge on any atom is 0.407 e. The largest absolute Gasteiger partial charge is 0.444 e. The number of alkyl carbamates (subject to hydrolysis) is 1. The van der Waals surface area contributed by atoms with Crippen LogP contribution in [0.15, 0.2) is 42.5 Å². The molecule has 118 valence electrons. The third-order valence-electron chi connectivity index (χ3n) is 3.27. The van der Waals surface area contributed by atoms with E-state index in [1.807, 2.05) is 39.0 Å². The van der Waals surface area contributed by atoms with Crippen LogP contribution in [0.25, 0.3) is 10.8 Å². The van der Waals surface area contributed by atoms with Crippen LogP contribution in [0.2, 0.25) is 0 Å². The Morgan fingerprint density at radius 3 is 2.59 bits per heavy atom. The Kier molecular flexibility index (Phi) is 5.03. The van der Waals surface area contributed by atoms with Crippen molar-refractivity contribution >= 4 is 16.9 Å². The first-order valence-corrected chi connectivity index (χ1v) is 7.54. The zero-order valence-electron chi connectivity index (χ0n) is 13.4. The summed E-state index contributed by atoms with van der Waals surface area (Å²) >= 11 is 0. The average Bonchev–Trinajstić information content (AvgIpc) is 2.44. The molecular formula is C18H24N2O2. The Labute approximate surface area is 131 Å². The van der Waals surface area contributed by atoms with Crippen LogP contribution in [0.4, 0.5) is 4.79 Å². The summed E-state index contributed by atoms with van der Waals surface area (Å²) < 4.78 is 5.20. The average molecular weight is 300 g/mol. The summed E-state index contributed by atoms with van der Waals surface area (Å²) in [5.74, 6) is 0. The number of carbonyl (C=O) groups is 1. The maximum absolute atomic E-state index is 11.6. The molecule has 1 amide bonds. The van der Waals surface area contributed by atoms with E-state index in [-0.39, 0.29) is 6.04 Å². The highest BCUT2D eigenvalue weighted by Crippen LogP contribution is 2.19. The minimum absolute atomic E-state index is 0.154. The number of ether oxygens (including phenoxy) is 1. The van der Waals surface area contributed by atoms with Gasteiger partial charge in [-0.1, -0.05) is 42.5 Å². The normalized spacial score (nSPS) is 12.9. The van der Waals surface area contributed by atoms with Gasteiger partial charge in [-0.2, -0.15) is 0 Å². The fraction of sp³-hybridized carbons (Fsp3) is 0.389. The summed E-state index contributed by atoms with van der Waals surface area (Å²) in [6.07, 6.45) is 0.276. The van der Waals surface area contributed by atoms with Crippen molar-refractivity contribution in [3.8, 4) is 0 Å². The lowest BCUT2D eigenvalue weighted by atomic mass is 9.99. The first-order valence-electron chi connectivity index (χ1n) is 7.54. The number of hydrogen-bond donors (Lipinski definition) is 2. The molecule has 0 radical (unpaired) electrons. The minimum atomic E-state index is -0.496. The second kappa shape index (κ2) is 6.79. The van der Waals surface area contributed by atoms with Crippen molar-refractivity contribution in [2.24, 2.45) is 5.73 Å². The summed E-state index contributed by atoms with van der Waals surface area (Å²) in [5, 5.41) is 5.13. The molecule has 0 saturated heterocycles. The third kappa shape index (κ3) is 4.74. The molecule has 0 fully saturated rings. The summed E-state index contributed by atoms with van der Waals surface area (Å²) in [4.78, 5) is 11.6. The van der Waals surface area contributed by atoms with Crippen molar-refractivity contribution in [3.63, 3.8) is 0 Å². The molecule has 0 unspecified atom stereocenters. The van der Waals surface area contributed by atoms with E-state index in [1.165, 1.54) is 16.3 Å². The Hall–Kier alpha value is -2.07. The van der Waals surface area contributed by atoms with Crippen molar-refractivity contribution in [2.45, 2.75) is 38.8 Å². The van der Waals surface area contributed by atoms with E-state index in [0.29, 0.717) is 13.0 Å². The molecule has 4 nitrogen and oxygen atoms in total. The fourth-order valence-electron chi connectivity index (χ4n) is 2.35. The summed E-state index contributed by atoms with van der Waals surface area (Å²) in [6, 6.07) is 14.3. The van der Waals surface area contributed by atoms with E-state index in [9.17, 15) is 4.79 Å². The van der Waals surface area contributed by atoms with Crippen molar-refractivity contribution in [2.75, 3.05) is 6.54 Å². The molecule has 0 aliphatic rings. The topological polar surface area (TPSA) is 64.3 Å². The smallest absolute Gasteiger partial charge is 0.407 e. The van der Waals surface area contributed by atoms with E-state index >= 15 is 0 Å². The Morgan fingerprint density at radius 1 is 1.18 bits per heavy atom. The van der Waals surface area contributed by atoms with Crippen LogP contribution in [0.5, 0.6) is 0 Å². The highest BCUT2D eigenvalue weighted by Gasteiger charge is 2.16. The second-order valence-electron chi connectivity index (χ2n) is 6.49. The molecular weight excluding hydrogens is 276 g/mol. The molecule has 2 rings (SSSR count). The number of benzene rings is 2. The van der Waals surface area contributed by atoms with Gasteiger partial charge in [0.2, 0.25) is 0 Å². The van der Waals surface area contributed by atoms with Crippen LogP contribution in [0.3, 0.4) is 0 Å². The van der Waals surface area contributed by atoms with Crippen LogP contribution < -0.4 is 11.1 Å². The molecule has 1 atom stereocenters. The third-order valence-corrected chi connectivity index (χ3v) is 3.27. The van der Waals surface area contributed by atoms with Gasteiger partial charge in [-0.05, 0) is 43.5 Å². The molecule has 0 spiro atoms. The molecule has 0 aliphatic carbocycles. The van der Waals surface area contributed by atoms with Crippen molar-refractivity contribution in [1.82, 2.24) is 5.32 Å². The molecule has 2 aromatic carbocycles. The molecule has 0 aromatic heterocycles. The fourth-order valence-corrected chi connectivity index (χ4v) is 2.35. The number of nitrogens with two attached hydrogens (primary N) is 1. The predicted octanol–water partition coefficient (Wildman–Crippen LogP) is 3.23. The molecule has 22 heavy (non-hydrogen) atoms. The SMILES string of the molecule is CC(C)(C)OC(=O)NC[C@@H](N)Cc1cccc2ccccc12. The summed E-state index contributed by atoms with van der Waals surface area (Å²) in [5.41, 5.74) is 6.83. The highest BCUT2D eigenvalue weighted by atomic mass is 16.6. The highest BCUT2D eigenvalue weighted by molar-refractivity contribution is 5.85. The van der Waals surface area contributed by atoms with Gasteiger partial charge in [-0.25, -0.2) is 4.79 Å². The van der Waals surface area contributed by atoms with Gasteiger partial charge in [0.05, 0.1) is 0 Å². The standard InChI is InChI=1S/C18H24N2O2/c1-18(2,3)22-17(21)20-12-15(19)11-14-9-6-8-13-7-4-5-10-16(13)14/h4-10,15H,11-12,19H2,1-3H3,(H,20,21)/t15-/m0/s1. The number of nitrogens with one attached hydrogen (secondary N) is 1. The van der Waals surface area contributed by atoms with Crippen molar-refractivity contribution < 1.29 is 9.53 Å². The Balaban J connectivity index is 1.94. The zero-order valence-corrected chi connectivity index (χ0v) is 13.4. The number of hydrogen-bond acceptors (Lipinski definition) is 3. The molecule has 3 N–H and O–H groups in total. The van der Waals surface area contributed by atoms with Gasteiger partial charge >= 0.3 is 6.09 Å².